The van der Waals surface area contributed by atoms with Crippen molar-refractivity contribution in [1.29, 1.82) is 0 Å². The predicted octanol–water partition coefficient (Wildman–Crippen LogP) is 3.75. The van der Waals surface area contributed by atoms with E-state index in [1.807, 2.05) is 0 Å². The van der Waals surface area contributed by atoms with Gasteiger partial charge < -0.3 is 10.6 Å². The van der Waals surface area contributed by atoms with Gasteiger partial charge in [0.05, 0.1) is 6.54 Å². The van der Waals surface area contributed by atoms with E-state index in [1.54, 1.807) is 0 Å². The molecule has 2 aliphatic rings. The van der Waals surface area contributed by atoms with Crippen molar-refractivity contribution in [3.05, 3.63) is 29.8 Å². The van der Waals surface area contributed by atoms with Crippen LogP contribution in [0.4, 0.5) is 5.69 Å². The average Bonchev–Trinajstić information content (AvgIpc) is 2.65. The fourth-order valence-corrected chi connectivity index (χ4v) is 4.26. The molecule has 0 spiro atoms. The molecule has 138 valence electrons. The van der Waals surface area contributed by atoms with Crippen LogP contribution < -0.4 is 10.6 Å². The fraction of sp³-hybridized carbons (Fsp3) is 0.667. The topological polar surface area (TPSA) is 44.4 Å². The van der Waals surface area contributed by atoms with E-state index in [0.717, 1.165) is 44.1 Å². The predicted molar refractivity (Wildman–Crippen MR) is 104 cm³/mol. The monoisotopic (exact) mass is 343 g/mol. The van der Waals surface area contributed by atoms with E-state index >= 15 is 0 Å². The molecule has 1 aromatic rings. The van der Waals surface area contributed by atoms with Gasteiger partial charge in [0.1, 0.15) is 0 Å². The zero-order chi connectivity index (χ0) is 17.5. The molecular formula is C21H33N3O. The number of nitrogens with one attached hydrogen (secondary N) is 2. The van der Waals surface area contributed by atoms with Gasteiger partial charge in [0.2, 0.25) is 5.91 Å². The first-order valence-corrected chi connectivity index (χ1v) is 10.1. The number of hydrogen-bond donors (Lipinski definition) is 2. The first-order valence-electron chi connectivity index (χ1n) is 10.1. The Hall–Kier alpha value is -1.39. The fourth-order valence-electron chi connectivity index (χ4n) is 4.26. The number of likely N-dealkylation sites (tertiary alicyclic amines) is 1. The molecule has 0 atom stereocenters. The standard InChI is InChI=1S/C21H33N3O/c1-2-22-19-12-14-24(15-13-19)16-21(25)23-20-10-8-18(9-11-20)17-6-4-3-5-7-17/h8-11,17,19,22H,2-7,12-16H2,1H3,(H,23,25). The molecule has 1 saturated carbocycles. The Morgan fingerprint density at radius 3 is 2.36 bits per heavy atom. The highest BCUT2D eigenvalue weighted by molar-refractivity contribution is 5.92. The molecule has 1 amide bonds. The zero-order valence-corrected chi connectivity index (χ0v) is 15.6. The smallest absolute Gasteiger partial charge is 0.238 e. The minimum atomic E-state index is 0.104. The van der Waals surface area contributed by atoms with E-state index < -0.39 is 0 Å². The van der Waals surface area contributed by atoms with Crippen molar-refractivity contribution in [2.24, 2.45) is 0 Å². The molecule has 2 N–H and O–H groups in total. The van der Waals surface area contributed by atoms with E-state index in [-0.39, 0.29) is 5.91 Å². The van der Waals surface area contributed by atoms with Gasteiger partial charge >= 0.3 is 0 Å². The Kier molecular flexibility index (Phi) is 6.88. The highest BCUT2D eigenvalue weighted by atomic mass is 16.2. The third kappa shape index (κ3) is 5.55. The van der Waals surface area contributed by atoms with Gasteiger partial charge in [0, 0.05) is 24.8 Å². The summed E-state index contributed by atoms with van der Waals surface area (Å²) in [7, 11) is 0. The van der Waals surface area contributed by atoms with Crippen LogP contribution in [0.5, 0.6) is 0 Å². The second kappa shape index (κ2) is 9.35. The average molecular weight is 344 g/mol. The largest absolute Gasteiger partial charge is 0.325 e. The quantitative estimate of drug-likeness (QED) is 0.827. The Balaban J connectivity index is 1.43. The minimum Gasteiger partial charge on any atom is -0.325 e. The number of carbonyl (C=O) groups excluding carboxylic acids is 1. The maximum atomic E-state index is 12.3. The van der Waals surface area contributed by atoms with Crippen molar-refractivity contribution in [1.82, 2.24) is 10.2 Å². The normalized spacial score (nSPS) is 20.5. The van der Waals surface area contributed by atoms with E-state index in [2.05, 4.69) is 46.7 Å². The summed E-state index contributed by atoms with van der Waals surface area (Å²) in [4.78, 5) is 14.6. The number of piperidine rings is 1. The first kappa shape index (κ1) is 18.4. The minimum absolute atomic E-state index is 0.104. The van der Waals surface area contributed by atoms with Crippen LogP contribution in [0.25, 0.3) is 0 Å². The van der Waals surface area contributed by atoms with Gasteiger partial charge in [-0.05, 0) is 55.8 Å². The lowest BCUT2D eigenvalue weighted by atomic mass is 9.84. The van der Waals surface area contributed by atoms with Gasteiger partial charge in [0.25, 0.3) is 0 Å². The third-order valence-electron chi connectivity index (χ3n) is 5.72. The van der Waals surface area contributed by atoms with E-state index in [9.17, 15) is 4.79 Å². The van der Waals surface area contributed by atoms with E-state index in [4.69, 9.17) is 0 Å². The van der Waals surface area contributed by atoms with Crippen molar-refractivity contribution in [2.75, 3.05) is 31.5 Å². The Bertz CT molecular complexity index is 529. The summed E-state index contributed by atoms with van der Waals surface area (Å²) in [6.07, 6.45) is 9.00. The molecular weight excluding hydrogens is 310 g/mol. The number of rotatable bonds is 6. The molecule has 0 unspecified atom stereocenters. The number of amides is 1. The van der Waals surface area contributed by atoms with Gasteiger partial charge in [0.15, 0.2) is 0 Å². The SMILES string of the molecule is CCNC1CCN(CC(=O)Nc2ccc(C3CCCCC3)cc2)CC1. The maximum absolute atomic E-state index is 12.3. The summed E-state index contributed by atoms with van der Waals surface area (Å²) in [5.41, 5.74) is 2.36. The van der Waals surface area contributed by atoms with Crippen LogP contribution >= 0.6 is 0 Å². The van der Waals surface area contributed by atoms with Gasteiger partial charge in [-0.1, -0.05) is 38.3 Å². The summed E-state index contributed by atoms with van der Waals surface area (Å²) in [5, 5.41) is 6.56. The second-order valence-corrected chi connectivity index (χ2v) is 7.61. The van der Waals surface area contributed by atoms with Gasteiger partial charge in [-0.3, -0.25) is 9.69 Å². The Morgan fingerprint density at radius 1 is 1.04 bits per heavy atom. The zero-order valence-electron chi connectivity index (χ0n) is 15.6. The van der Waals surface area contributed by atoms with Crippen LogP contribution in [-0.2, 0) is 4.79 Å². The summed E-state index contributed by atoms with van der Waals surface area (Å²) < 4.78 is 0. The molecule has 0 aromatic heterocycles. The van der Waals surface area contributed by atoms with Crippen LogP contribution in [0, 0.1) is 0 Å². The summed E-state index contributed by atoms with van der Waals surface area (Å²) in [5.74, 6) is 0.823. The molecule has 1 saturated heterocycles. The van der Waals surface area contributed by atoms with Crippen LogP contribution in [0.1, 0.15) is 63.4 Å². The second-order valence-electron chi connectivity index (χ2n) is 7.61. The van der Waals surface area contributed by atoms with Crippen molar-refractivity contribution < 1.29 is 4.79 Å². The summed E-state index contributed by atoms with van der Waals surface area (Å²) in [6.45, 7) is 5.70. The molecule has 1 heterocycles. The van der Waals surface area contributed by atoms with E-state index in [0.29, 0.717) is 12.6 Å². The van der Waals surface area contributed by atoms with Crippen molar-refractivity contribution >= 4 is 11.6 Å². The molecule has 0 radical (unpaired) electrons. The molecule has 3 rings (SSSR count). The number of carbonyl (C=O) groups is 1. The van der Waals surface area contributed by atoms with Gasteiger partial charge in [-0.25, -0.2) is 0 Å². The first-order chi connectivity index (χ1) is 12.2. The number of benzene rings is 1. The number of hydrogen-bond acceptors (Lipinski definition) is 3. The highest BCUT2D eigenvalue weighted by Crippen LogP contribution is 2.32. The molecule has 1 aliphatic heterocycles. The highest BCUT2D eigenvalue weighted by Gasteiger charge is 2.20. The van der Waals surface area contributed by atoms with Crippen molar-refractivity contribution in [3.63, 3.8) is 0 Å². The van der Waals surface area contributed by atoms with E-state index in [1.165, 1.54) is 37.7 Å². The lowest BCUT2D eigenvalue weighted by molar-refractivity contribution is -0.117. The molecule has 25 heavy (non-hydrogen) atoms. The molecule has 1 aliphatic carbocycles. The van der Waals surface area contributed by atoms with Crippen LogP contribution in [-0.4, -0.2) is 43.0 Å². The molecule has 4 heteroatoms. The Morgan fingerprint density at radius 2 is 1.72 bits per heavy atom. The molecule has 1 aromatic carbocycles. The van der Waals surface area contributed by atoms with Crippen molar-refractivity contribution in [2.45, 2.75) is 63.8 Å². The number of nitrogens with zero attached hydrogens (tertiary/aromatic N) is 1. The Labute approximate surface area is 152 Å². The lowest BCUT2D eigenvalue weighted by Gasteiger charge is -2.31. The lowest BCUT2D eigenvalue weighted by Crippen LogP contribution is -2.44. The molecule has 4 nitrogen and oxygen atoms in total. The van der Waals surface area contributed by atoms with Crippen LogP contribution in [0.2, 0.25) is 0 Å². The van der Waals surface area contributed by atoms with Gasteiger partial charge in [-0.2, -0.15) is 0 Å². The van der Waals surface area contributed by atoms with Crippen LogP contribution in [0.15, 0.2) is 24.3 Å². The summed E-state index contributed by atoms with van der Waals surface area (Å²) in [6, 6.07) is 9.16. The third-order valence-corrected chi connectivity index (χ3v) is 5.72. The molecule has 2 fully saturated rings. The maximum Gasteiger partial charge on any atom is 0.238 e. The summed E-state index contributed by atoms with van der Waals surface area (Å²) >= 11 is 0. The van der Waals surface area contributed by atoms with Crippen LogP contribution in [0.3, 0.4) is 0 Å². The number of anilines is 1. The van der Waals surface area contributed by atoms with Gasteiger partial charge in [-0.15, -0.1) is 0 Å². The van der Waals surface area contributed by atoms with Crippen molar-refractivity contribution in [3.8, 4) is 0 Å². The molecule has 0 bridgehead atoms.